The zero-order chi connectivity index (χ0) is 23.2. The number of aromatic hydroxyl groups is 1. The minimum Gasteiger partial charge on any atom is -0.502 e. The molecule has 2 rings (SSSR count). The van der Waals surface area contributed by atoms with E-state index in [-0.39, 0.29) is 40.9 Å². The number of nitro benzene ring substituents is 1. The summed E-state index contributed by atoms with van der Waals surface area (Å²) in [6, 6.07) is 6.56. The first-order chi connectivity index (χ1) is 14.7. The number of nitro groups is 1. The number of hydrogen-bond acceptors (Lipinski definition) is 9. The second-order valence-electron chi connectivity index (χ2n) is 6.17. The predicted molar refractivity (Wildman–Crippen MR) is 116 cm³/mol. The molecule has 0 aliphatic carbocycles. The highest BCUT2D eigenvalue weighted by atomic mass is 32.2. The third kappa shape index (κ3) is 5.22. The van der Waals surface area contributed by atoms with Crippen molar-refractivity contribution in [2.24, 2.45) is 5.10 Å². The highest BCUT2D eigenvalue weighted by Gasteiger charge is 2.25. The molecule has 0 unspecified atom stereocenters. The van der Waals surface area contributed by atoms with E-state index in [0.29, 0.717) is 5.56 Å². The van der Waals surface area contributed by atoms with Crippen molar-refractivity contribution < 1.29 is 27.9 Å². The molecule has 0 aliphatic heterocycles. The van der Waals surface area contributed by atoms with Gasteiger partial charge in [0.15, 0.2) is 11.5 Å². The molecule has 0 radical (unpaired) electrons. The largest absolute Gasteiger partial charge is 0.502 e. The van der Waals surface area contributed by atoms with Crippen molar-refractivity contribution in [1.82, 2.24) is 4.31 Å². The molecule has 0 aliphatic rings. The lowest BCUT2D eigenvalue weighted by Crippen LogP contribution is -2.30. The van der Waals surface area contributed by atoms with Gasteiger partial charge < -0.3 is 14.6 Å². The van der Waals surface area contributed by atoms with Crippen LogP contribution in [-0.2, 0) is 10.0 Å². The minimum atomic E-state index is -3.85. The molecule has 11 nitrogen and oxygen atoms in total. The summed E-state index contributed by atoms with van der Waals surface area (Å²) in [7, 11) is -1.09. The van der Waals surface area contributed by atoms with Gasteiger partial charge in [-0.15, -0.1) is 0 Å². The van der Waals surface area contributed by atoms with Gasteiger partial charge in [-0.3, -0.25) is 15.5 Å². The van der Waals surface area contributed by atoms with Gasteiger partial charge in [0.2, 0.25) is 15.8 Å². The Hall–Kier alpha value is -3.38. The molecule has 0 saturated carbocycles. The lowest BCUT2D eigenvalue weighted by Gasteiger charge is -2.18. The second kappa shape index (κ2) is 10.1. The van der Waals surface area contributed by atoms with Crippen molar-refractivity contribution in [3.63, 3.8) is 0 Å². The first-order valence-electron chi connectivity index (χ1n) is 9.22. The highest BCUT2D eigenvalue weighted by molar-refractivity contribution is 7.89. The molecule has 2 aromatic rings. The molecule has 0 heterocycles. The number of nitrogens with one attached hydrogen (secondary N) is 1. The summed E-state index contributed by atoms with van der Waals surface area (Å²) in [5, 5.41) is 25.4. The Bertz CT molecular complexity index is 1060. The number of hydrazone groups is 1. The molecule has 12 heteroatoms. The van der Waals surface area contributed by atoms with Gasteiger partial charge in [0, 0.05) is 24.7 Å². The fourth-order valence-electron chi connectivity index (χ4n) is 2.79. The molecule has 0 bridgehead atoms. The van der Waals surface area contributed by atoms with Gasteiger partial charge in [-0.1, -0.05) is 13.8 Å². The van der Waals surface area contributed by atoms with Crippen LogP contribution in [0.4, 0.5) is 11.4 Å². The number of hydrogen-bond donors (Lipinski definition) is 2. The topological polar surface area (TPSA) is 144 Å². The predicted octanol–water partition coefficient (Wildman–Crippen LogP) is 2.79. The number of anilines is 1. The van der Waals surface area contributed by atoms with Gasteiger partial charge in [0.25, 0.3) is 5.69 Å². The Morgan fingerprint density at radius 1 is 1.16 bits per heavy atom. The van der Waals surface area contributed by atoms with Crippen molar-refractivity contribution in [3.05, 3.63) is 46.0 Å². The molecule has 0 aromatic heterocycles. The van der Waals surface area contributed by atoms with Crippen molar-refractivity contribution in [1.29, 1.82) is 0 Å². The van der Waals surface area contributed by atoms with E-state index in [2.05, 4.69) is 10.5 Å². The molecule has 0 amide bonds. The first-order valence-corrected chi connectivity index (χ1v) is 10.7. The number of sulfonamides is 1. The lowest BCUT2D eigenvalue weighted by molar-refractivity contribution is -0.384. The van der Waals surface area contributed by atoms with E-state index in [1.54, 1.807) is 13.8 Å². The Labute approximate surface area is 180 Å². The summed E-state index contributed by atoms with van der Waals surface area (Å²) in [5.74, 6) is 0.159. The van der Waals surface area contributed by atoms with Crippen LogP contribution in [0.1, 0.15) is 19.4 Å². The normalized spacial score (nSPS) is 11.6. The SMILES string of the molecule is CCN(CC)S(=O)(=O)c1ccc(NN=Cc2cc(OC)c(O)c(OC)c2)c([N+](=O)[O-])c1. The Morgan fingerprint density at radius 2 is 1.74 bits per heavy atom. The standard InChI is InChI=1S/C19H24N4O7S/c1-5-22(6-2)31(27,28)14-7-8-15(16(11-14)23(25)26)21-20-12-13-9-17(29-3)19(24)18(10-13)30-4/h7-12,21,24H,5-6H2,1-4H3. The summed E-state index contributed by atoms with van der Waals surface area (Å²) >= 11 is 0. The van der Waals surface area contributed by atoms with E-state index in [9.17, 15) is 23.6 Å². The van der Waals surface area contributed by atoms with Gasteiger partial charge in [-0.2, -0.15) is 9.41 Å². The monoisotopic (exact) mass is 452 g/mol. The summed E-state index contributed by atoms with van der Waals surface area (Å²) in [6.07, 6.45) is 1.34. The third-order valence-electron chi connectivity index (χ3n) is 4.41. The van der Waals surface area contributed by atoms with Crippen LogP contribution in [0.2, 0.25) is 0 Å². The molecule has 2 aromatic carbocycles. The number of rotatable bonds is 10. The fourth-order valence-corrected chi connectivity index (χ4v) is 4.27. The van der Waals surface area contributed by atoms with Crippen molar-refractivity contribution in [2.75, 3.05) is 32.7 Å². The maximum atomic E-state index is 12.6. The number of nitrogens with zero attached hydrogens (tertiary/aromatic N) is 3. The fraction of sp³-hybridized carbons (Fsp3) is 0.316. The molecule has 2 N–H and O–H groups in total. The highest BCUT2D eigenvalue weighted by Crippen LogP contribution is 2.36. The van der Waals surface area contributed by atoms with Crippen molar-refractivity contribution >= 4 is 27.6 Å². The van der Waals surface area contributed by atoms with E-state index in [1.165, 1.54) is 49.0 Å². The molecule has 0 atom stereocenters. The summed E-state index contributed by atoms with van der Waals surface area (Å²) in [5.41, 5.74) is 2.60. The van der Waals surface area contributed by atoms with E-state index in [1.807, 2.05) is 0 Å². The van der Waals surface area contributed by atoms with E-state index in [4.69, 9.17) is 9.47 Å². The molecule has 0 spiro atoms. The second-order valence-corrected chi connectivity index (χ2v) is 8.11. The lowest BCUT2D eigenvalue weighted by atomic mass is 10.2. The Morgan fingerprint density at radius 3 is 2.23 bits per heavy atom. The van der Waals surface area contributed by atoms with Crippen LogP contribution in [0.25, 0.3) is 0 Å². The zero-order valence-electron chi connectivity index (χ0n) is 17.5. The molecular formula is C19H24N4O7S. The number of phenolic OH excluding ortho intramolecular Hbond substituents is 1. The van der Waals surface area contributed by atoms with Crippen LogP contribution in [0.5, 0.6) is 17.2 Å². The van der Waals surface area contributed by atoms with Crippen LogP contribution in [-0.4, -0.2) is 56.3 Å². The Kier molecular flexibility index (Phi) is 7.78. The van der Waals surface area contributed by atoms with Crippen LogP contribution in [0, 0.1) is 10.1 Å². The quantitative estimate of drug-likeness (QED) is 0.318. The van der Waals surface area contributed by atoms with Gasteiger partial charge in [0.05, 0.1) is 30.3 Å². The summed E-state index contributed by atoms with van der Waals surface area (Å²) in [6.45, 7) is 3.87. The Balaban J connectivity index is 2.35. The molecule has 168 valence electrons. The van der Waals surface area contributed by atoms with E-state index >= 15 is 0 Å². The number of benzene rings is 2. The third-order valence-corrected chi connectivity index (χ3v) is 6.46. The van der Waals surface area contributed by atoms with Gasteiger partial charge >= 0.3 is 0 Å². The van der Waals surface area contributed by atoms with Gasteiger partial charge in [0.1, 0.15) is 5.69 Å². The minimum absolute atomic E-state index is 0.0115. The maximum Gasteiger partial charge on any atom is 0.295 e. The van der Waals surface area contributed by atoms with Crippen molar-refractivity contribution in [3.8, 4) is 17.2 Å². The zero-order valence-corrected chi connectivity index (χ0v) is 18.3. The van der Waals surface area contributed by atoms with Crippen LogP contribution in [0.3, 0.4) is 0 Å². The van der Waals surface area contributed by atoms with E-state index in [0.717, 1.165) is 6.07 Å². The molecule has 0 saturated heterocycles. The first kappa shape index (κ1) is 23.9. The summed E-state index contributed by atoms with van der Waals surface area (Å²) in [4.78, 5) is 10.6. The average molecular weight is 452 g/mol. The number of ether oxygens (including phenoxy) is 2. The van der Waals surface area contributed by atoms with Crippen LogP contribution < -0.4 is 14.9 Å². The van der Waals surface area contributed by atoms with Gasteiger partial charge in [-0.25, -0.2) is 8.42 Å². The van der Waals surface area contributed by atoms with Gasteiger partial charge in [-0.05, 0) is 24.3 Å². The maximum absolute atomic E-state index is 12.6. The molecule has 0 fully saturated rings. The molecule has 31 heavy (non-hydrogen) atoms. The molecular weight excluding hydrogens is 428 g/mol. The number of methoxy groups -OCH3 is 2. The van der Waals surface area contributed by atoms with Crippen molar-refractivity contribution in [2.45, 2.75) is 18.7 Å². The summed E-state index contributed by atoms with van der Waals surface area (Å²) < 4.78 is 36.6. The smallest absolute Gasteiger partial charge is 0.295 e. The number of phenols is 1. The van der Waals surface area contributed by atoms with Crippen LogP contribution >= 0.6 is 0 Å². The van der Waals surface area contributed by atoms with Crippen LogP contribution in [0.15, 0.2) is 40.3 Å². The average Bonchev–Trinajstić information content (AvgIpc) is 2.75. The van der Waals surface area contributed by atoms with E-state index < -0.39 is 20.6 Å².